The lowest BCUT2D eigenvalue weighted by molar-refractivity contribution is -0.141. The van der Waals surface area contributed by atoms with Crippen molar-refractivity contribution in [2.45, 2.75) is 64.8 Å². The maximum absolute atomic E-state index is 13.1. The normalized spacial score (nSPS) is 40.2. The van der Waals surface area contributed by atoms with Gasteiger partial charge in [-0.25, -0.2) is 0 Å². The van der Waals surface area contributed by atoms with E-state index in [0.717, 1.165) is 12.3 Å². The van der Waals surface area contributed by atoms with Crippen molar-refractivity contribution in [2.75, 3.05) is 12.4 Å². The zero-order valence-electron chi connectivity index (χ0n) is 18.4. The Morgan fingerprint density at radius 2 is 2.00 bits per heavy atom. The van der Waals surface area contributed by atoms with Crippen LogP contribution in [0.5, 0.6) is 0 Å². The summed E-state index contributed by atoms with van der Waals surface area (Å²) in [4.78, 5) is 32.1. The summed E-state index contributed by atoms with van der Waals surface area (Å²) >= 11 is 0. The van der Waals surface area contributed by atoms with Crippen LogP contribution >= 0.6 is 0 Å². The number of fused-ring (bicyclic) bond motifs is 5. The number of anilines is 1. The molecule has 0 saturated heterocycles. The van der Waals surface area contributed by atoms with Gasteiger partial charge in [-0.15, -0.1) is 0 Å². The van der Waals surface area contributed by atoms with Crippen molar-refractivity contribution < 1.29 is 9.59 Å². The van der Waals surface area contributed by atoms with Gasteiger partial charge in [-0.1, -0.05) is 26.3 Å². The largest absolute Gasteiger partial charge is 0.338 e. The fourth-order valence-corrected chi connectivity index (χ4v) is 7.68. The summed E-state index contributed by atoms with van der Waals surface area (Å²) in [7, 11) is 1.89. The quantitative estimate of drug-likeness (QED) is 0.738. The lowest BCUT2D eigenvalue weighted by Crippen LogP contribution is -2.60. The maximum atomic E-state index is 13.1. The molecule has 0 radical (unpaired) electrons. The zero-order chi connectivity index (χ0) is 21.1. The highest BCUT2D eigenvalue weighted by Crippen LogP contribution is 2.64. The molecule has 2 heterocycles. The zero-order valence-corrected chi connectivity index (χ0v) is 18.4. The van der Waals surface area contributed by atoms with Crippen LogP contribution in [0.25, 0.3) is 0 Å². The van der Waals surface area contributed by atoms with E-state index >= 15 is 0 Å². The molecular formula is C25H33N3O2. The highest BCUT2D eigenvalue weighted by atomic mass is 16.2. The third-order valence-corrected chi connectivity index (χ3v) is 9.15. The first-order valence-electron chi connectivity index (χ1n) is 11.5. The van der Waals surface area contributed by atoms with Crippen molar-refractivity contribution >= 4 is 17.5 Å². The topological polar surface area (TPSA) is 62.3 Å². The van der Waals surface area contributed by atoms with Gasteiger partial charge in [-0.2, -0.15) is 0 Å². The van der Waals surface area contributed by atoms with Crippen LogP contribution in [0, 0.1) is 28.6 Å². The van der Waals surface area contributed by atoms with E-state index in [0.29, 0.717) is 28.5 Å². The molecule has 4 aliphatic rings. The van der Waals surface area contributed by atoms with Gasteiger partial charge in [0, 0.05) is 24.7 Å². The minimum Gasteiger partial charge on any atom is -0.338 e. The van der Waals surface area contributed by atoms with E-state index in [4.69, 9.17) is 0 Å². The van der Waals surface area contributed by atoms with Gasteiger partial charge in [-0.3, -0.25) is 14.6 Å². The molecule has 30 heavy (non-hydrogen) atoms. The van der Waals surface area contributed by atoms with Crippen LogP contribution in [0.3, 0.4) is 0 Å². The number of nitrogens with zero attached hydrogens (tertiary/aromatic N) is 2. The van der Waals surface area contributed by atoms with Gasteiger partial charge in [0.2, 0.25) is 0 Å². The molecule has 160 valence electrons. The fraction of sp³-hybridized carbons (Fsp3) is 0.640. The van der Waals surface area contributed by atoms with Gasteiger partial charge in [0.15, 0.2) is 0 Å². The van der Waals surface area contributed by atoms with Crippen molar-refractivity contribution in [3.05, 3.63) is 36.2 Å². The molecule has 0 spiro atoms. The Morgan fingerprint density at radius 3 is 2.77 bits per heavy atom. The highest BCUT2D eigenvalue weighted by molar-refractivity contribution is 6.23. The minimum absolute atomic E-state index is 0.142. The standard InChI is InChI=1S/C25H33N3O2/c1-24-11-4-7-19(24)17-8-9-21-25(2,20(17)10-12-24)14-18(23(30)28(21)3)22(29)27-16-6-5-13-26-15-16/h5-6,13-15,17,19-21H,4,7-12H2,1-3H3,(H,27,29)/t17-,19-,20+,21?,24-,25+/m0/s1. The second kappa shape index (κ2) is 6.93. The number of hydrogen-bond acceptors (Lipinski definition) is 3. The monoisotopic (exact) mass is 407 g/mol. The predicted molar refractivity (Wildman–Crippen MR) is 117 cm³/mol. The number of rotatable bonds is 2. The van der Waals surface area contributed by atoms with E-state index in [1.54, 1.807) is 24.5 Å². The molecule has 2 amide bonds. The summed E-state index contributed by atoms with van der Waals surface area (Å²) in [6.07, 6.45) is 14.2. The molecule has 3 saturated carbocycles. The maximum Gasteiger partial charge on any atom is 0.260 e. The summed E-state index contributed by atoms with van der Waals surface area (Å²) in [6, 6.07) is 3.76. The van der Waals surface area contributed by atoms with E-state index in [9.17, 15) is 9.59 Å². The number of pyridine rings is 1. The van der Waals surface area contributed by atoms with Gasteiger partial charge in [0.25, 0.3) is 11.8 Å². The number of nitrogens with one attached hydrogen (secondary N) is 1. The molecule has 1 aliphatic heterocycles. The van der Waals surface area contributed by atoms with Gasteiger partial charge >= 0.3 is 0 Å². The molecule has 5 nitrogen and oxygen atoms in total. The average Bonchev–Trinajstić information content (AvgIpc) is 3.13. The molecule has 3 aliphatic carbocycles. The van der Waals surface area contributed by atoms with E-state index in [-0.39, 0.29) is 23.3 Å². The Balaban J connectivity index is 1.49. The van der Waals surface area contributed by atoms with E-state index < -0.39 is 0 Å². The van der Waals surface area contributed by atoms with Crippen molar-refractivity contribution in [3.8, 4) is 0 Å². The molecule has 1 unspecified atom stereocenters. The van der Waals surface area contributed by atoms with E-state index in [1.165, 1.54) is 38.5 Å². The summed E-state index contributed by atoms with van der Waals surface area (Å²) in [5.74, 6) is 1.59. The summed E-state index contributed by atoms with van der Waals surface area (Å²) in [6.45, 7) is 4.82. The van der Waals surface area contributed by atoms with Crippen molar-refractivity contribution in [1.29, 1.82) is 0 Å². The first-order chi connectivity index (χ1) is 14.3. The molecule has 1 aromatic heterocycles. The minimum atomic E-state index is -0.317. The number of carbonyl (C=O) groups is 2. The van der Waals surface area contributed by atoms with Crippen molar-refractivity contribution in [2.24, 2.45) is 28.6 Å². The van der Waals surface area contributed by atoms with Crippen LogP contribution in [0.1, 0.15) is 58.8 Å². The Bertz CT molecular complexity index is 897. The third kappa shape index (κ3) is 2.84. The van der Waals surface area contributed by atoms with Crippen LogP contribution in [-0.2, 0) is 9.59 Å². The lowest BCUT2D eigenvalue weighted by Gasteiger charge is -2.60. The van der Waals surface area contributed by atoms with Crippen LogP contribution in [0.4, 0.5) is 5.69 Å². The van der Waals surface area contributed by atoms with Crippen LogP contribution in [0.2, 0.25) is 0 Å². The van der Waals surface area contributed by atoms with Gasteiger partial charge in [0.05, 0.1) is 11.9 Å². The predicted octanol–water partition coefficient (Wildman–Crippen LogP) is 4.42. The summed E-state index contributed by atoms with van der Waals surface area (Å²) in [5.41, 5.74) is 1.27. The molecule has 0 bridgehead atoms. The number of hydrogen-bond donors (Lipinski definition) is 1. The number of carbonyl (C=O) groups excluding carboxylic acids is 2. The number of aromatic nitrogens is 1. The van der Waals surface area contributed by atoms with Crippen molar-refractivity contribution in [1.82, 2.24) is 9.88 Å². The fourth-order valence-electron chi connectivity index (χ4n) is 7.68. The highest BCUT2D eigenvalue weighted by Gasteiger charge is 2.59. The Kier molecular flexibility index (Phi) is 4.57. The lowest BCUT2D eigenvalue weighted by atomic mass is 9.48. The molecule has 0 aromatic carbocycles. The second-order valence-electron chi connectivity index (χ2n) is 10.6. The van der Waals surface area contributed by atoms with E-state index in [1.807, 2.05) is 11.9 Å². The van der Waals surface area contributed by atoms with Crippen LogP contribution in [0.15, 0.2) is 36.2 Å². The molecule has 1 aromatic rings. The number of amides is 2. The first kappa shape index (κ1) is 19.8. The van der Waals surface area contributed by atoms with Gasteiger partial charge in [-0.05, 0) is 73.8 Å². The Morgan fingerprint density at radius 1 is 1.17 bits per heavy atom. The van der Waals surface area contributed by atoms with Gasteiger partial charge < -0.3 is 10.2 Å². The average molecular weight is 408 g/mol. The SMILES string of the molecule is CN1C(=O)C(C(=O)Nc2cccnc2)=C[C@@]2(C)C1CC[C@@H]1[C@H]2CC[C@]2(C)CCC[C@@H]12. The smallest absolute Gasteiger partial charge is 0.260 e. The molecule has 1 N–H and O–H groups in total. The van der Waals surface area contributed by atoms with Crippen LogP contribution < -0.4 is 5.32 Å². The molecular weight excluding hydrogens is 374 g/mol. The first-order valence-corrected chi connectivity index (χ1v) is 11.5. The molecule has 3 fully saturated rings. The third-order valence-electron chi connectivity index (χ3n) is 9.15. The Labute approximate surface area is 179 Å². The molecule has 5 rings (SSSR count). The summed E-state index contributed by atoms with van der Waals surface area (Å²) in [5, 5.41) is 2.87. The van der Waals surface area contributed by atoms with Crippen molar-refractivity contribution in [3.63, 3.8) is 0 Å². The molecule has 5 heteroatoms. The van der Waals surface area contributed by atoms with Gasteiger partial charge in [0.1, 0.15) is 5.57 Å². The molecule has 6 atom stereocenters. The summed E-state index contributed by atoms with van der Waals surface area (Å²) < 4.78 is 0. The Hall–Kier alpha value is -2.17. The van der Waals surface area contributed by atoms with E-state index in [2.05, 4.69) is 30.2 Å². The number of likely N-dealkylation sites (N-methyl/N-ethyl adjacent to an activating group) is 1. The van der Waals surface area contributed by atoms with Crippen LogP contribution in [-0.4, -0.2) is 34.8 Å². The second-order valence-corrected chi connectivity index (χ2v) is 10.6.